The van der Waals surface area contributed by atoms with Gasteiger partial charge in [-0.2, -0.15) is 5.10 Å². The molecule has 3 aromatic rings. The van der Waals surface area contributed by atoms with E-state index in [1.807, 2.05) is 66.2 Å². The number of rotatable bonds is 12. The van der Waals surface area contributed by atoms with E-state index in [0.717, 1.165) is 55.8 Å². The number of ether oxygens (including phenoxy) is 3. The molecule has 0 spiro atoms. The zero-order chi connectivity index (χ0) is 24.6. The minimum atomic E-state index is -0.385. The summed E-state index contributed by atoms with van der Waals surface area (Å²) in [7, 11) is 1.64. The van der Waals surface area contributed by atoms with E-state index in [1.165, 1.54) is 0 Å². The molecule has 0 unspecified atom stereocenters. The molecule has 0 aliphatic carbocycles. The van der Waals surface area contributed by atoms with Gasteiger partial charge in [-0.1, -0.05) is 43.7 Å². The Morgan fingerprint density at radius 1 is 1.14 bits per heavy atom. The standard InChI is InChI=1S/C28H37N3O4/c1-4-11-23(32)18-30(19-24-14-10-17-34-24)20-25-21(2)29-31(22-12-6-5-7-13-22)28(25)35-27-16-9-8-15-26(27)33-3/h5-9,12-13,15-16,23-24,32H,4,10-11,14,17-20H2,1-3H3/t23-,24+/m0/s1. The lowest BCUT2D eigenvalue weighted by atomic mass is 10.1. The minimum Gasteiger partial charge on any atom is -0.493 e. The highest BCUT2D eigenvalue weighted by Gasteiger charge is 2.26. The largest absolute Gasteiger partial charge is 0.493 e. The Morgan fingerprint density at radius 2 is 1.89 bits per heavy atom. The van der Waals surface area contributed by atoms with Gasteiger partial charge in [0, 0.05) is 26.2 Å². The van der Waals surface area contributed by atoms with Crippen LogP contribution in [-0.2, 0) is 11.3 Å². The third kappa shape index (κ3) is 6.42. The Bertz CT molecular complexity index is 1060. The van der Waals surface area contributed by atoms with Crippen LogP contribution in [0.5, 0.6) is 17.4 Å². The summed E-state index contributed by atoms with van der Waals surface area (Å²) >= 11 is 0. The molecule has 0 amide bonds. The molecule has 0 radical (unpaired) electrons. The van der Waals surface area contributed by atoms with E-state index in [4.69, 9.17) is 19.3 Å². The van der Waals surface area contributed by atoms with Gasteiger partial charge in [0.15, 0.2) is 11.5 Å². The van der Waals surface area contributed by atoms with Crippen molar-refractivity contribution in [1.82, 2.24) is 14.7 Å². The molecule has 1 aliphatic heterocycles. The molecule has 1 aromatic heterocycles. The quantitative estimate of drug-likeness (QED) is 0.389. The van der Waals surface area contributed by atoms with Crippen LogP contribution in [0.25, 0.3) is 5.69 Å². The maximum Gasteiger partial charge on any atom is 0.227 e. The number of benzene rings is 2. The molecule has 1 fully saturated rings. The van der Waals surface area contributed by atoms with Gasteiger partial charge in [0.25, 0.3) is 0 Å². The summed E-state index contributed by atoms with van der Waals surface area (Å²) in [5.74, 6) is 1.94. The summed E-state index contributed by atoms with van der Waals surface area (Å²) < 4.78 is 19.8. The molecule has 1 aliphatic rings. The molecule has 2 atom stereocenters. The van der Waals surface area contributed by atoms with Gasteiger partial charge in [0.05, 0.1) is 36.3 Å². The number of para-hydroxylation sites is 3. The maximum absolute atomic E-state index is 10.6. The highest BCUT2D eigenvalue weighted by molar-refractivity contribution is 5.47. The van der Waals surface area contributed by atoms with Crippen LogP contribution in [0.2, 0.25) is 0 Å². The summed E-state index contributed by atoms with van der Waals surface area (Å²) in [6, 6.07) is 17.6. The first kappa shape index (κ1) is 25.2. The first-order valence-electron chi connectivity index (χ1n) is 12.6. The van der Waals surface area contributed by atoms with Crippen molar-refractivity contribution in [3.63, 3.8) is 0 Å². The molecule has 2 aromatic carbocycles. The molecule has 7 nitrogen and oxygen atoms in total. The van der Waals surface area contributed by atoms with Crippen LogP contribution in [0.3, 0.4) is 0 Å². The highest BCUT2D eigenvalue weighted by Crippen LogP contribution is 2.36. The van der Waals surface area contributed by atoms with Gasteiger partial charge in [-0.25, -0.2) is 4.68 Å². The third-order valence-corrected chi connectivity index (χ3v) is 6.37. The van der Waals surface area contributed by atoms with Crippen LogP contribution in [0, 0.1) is 6.92 Å². The van der Waals surface area contributed by atoms with E-state index in [9.17, 15) is 5.11 Å². The lowest BCUT2D eigenvalue weighted by Crippen LogP contribution is -2.37. The molecule has 35 heavy (non-hydrogen) atoms. The average Bonchev–Trinajstić information content (AvgIpc) is 3.48. The summed E-state index contributed by atoms with van der Waals surface area (Å²) in [4.78, 5) is 2.28. The van der Waals surface area contributed by atoms with Crippen molar-refractivity contribution >= 4 is 0 Å². The van der Waals surface area contributed by atoms with Crippen LogP contribution in [-0.4, -0.2) is 58.8 Å². The van der Waals surface area contributed by atoms with Gasteiger partial charge in [0.1, 0.15) is 0 Å². The molecule has 188 valence electrons. The lowest BCUT2D eigenvalue weighted by molar-refractivity contribution is 0.0437. The molecule has 2 heterocycles. The van der Waals surface area contributed by atoms with Crippen molar-refractivity contribution in [2.75, 3.05) is 26.8 Å². The lowest BCUT2D eigenvalue weighted by Gasteiger charge is -2.27. The Morgan fingerprint density at radius 3 is 2.57 bits per heavy atom. The van der Waals surface area contributed by atoms with Gasteiger partial charge in [0.2, 0.25) is 5.88 Å². The fraction of sp³-hybridized carbons (Fsp3) is 0.464. The van der Waals surface area contributed by atoms with Crippen molar-refractivity contribution in [3.8, 4) is 23.1 Å². The summed E-state index contributed by atoms with van der Waals surface area (Å²) in [6.45, 7) is 6.87. The van der Waals surface area contributed by atoms with Crippen molar-refractivity contribution in [2.24, 2.45) is 0 Å². The van der Waals surface area contributed by atoms with Crippen molar-refractivity contribution in [2.45, 2.75) is 58.3 Å². The summed E-state index contributed by atoms with van der Waals surface area (Å²) in [6.07, 6.45) is 3.66. The fourth-order valence-electron chi connectivity index (χ4n) is 4.60. The van der Waals surface area contributed by atoms with E-state index < -0.39 is 0 Å². The van der Waals surface area contributed by atoms with E-state index in [-0.39, 0.29) is 12.2 Å². The Balaban J connectivity index is 1.70. The van der Waals surface area contributed by atoms with Crippen LogP contribution < -0.4 is 9.47 Å². The van der Waals surface area contributed by atoms with E-state index in [0.29, 0.717) is 30.5 Å². The average molecular weight is 480 g/mol. The number of hydrogen-bond donors (Lipinski definition) is 1. The molecule has 1 saturated heterocycles. The van der Waals surface area contributed by atoms with Gasteiger partial charge in [-0.3, -0.25) is 4.90 Å². The first-order chi connectivity index (χ1) is 17.1. The Kier molecular flexibility index (Phi) is 8.79. The highest BCUT2D eigenvalue weighted by atomic mass is 16.5. The van der Waals surface area contributed by atoms with Crippen molar-refractivity contribution in [3.05, 3.63) is 65.9 Å². The maximum atomic E-state index is 10.6. The molecule has 0 saturated carbocycles. The predicted molar refractivity (Wildman–Crippen MR) is 137 cm³/mol. The molecular weight excluding hydrogens is 442 g/mol. The summed E-state index contributed by atoms with van der Waals surface area (Å²) in [5, 5.41) is 15.5. The fourth-order valence-corrected chi connectivity index (χ4v) is 4.60. The molecule has 7 heteroatoms. The summed E-state index contributed by atoms with van der Waals surface area (Å²) in [5.41, 5.74) is 2.80. The van der Waals surface area contributed by atoms with Crippen LogP contribution in [0.1, 0.15) is 43.9 Å². The van der Waals surface area contributed by atoms with Gasteiger partial charge in [-0.15, -0.1) is 0 Å². The van der Waals surface area contributed by atoms with Crippen LogP contribution in [0.4, 0.5) is 0 Å². The zero-order valence-corrected chi connectivity index (χ0v) is 21.0. The topological polar surface area (TPSA) is 69.0 Å². The second kappa shape index (κ2) is 12.2. The van der Waals surface area contributed by atoms with Crippen molar-refractivity contribution < 1.29 is 19.3 Å². The number of aromatic nitrogens is 2. The second-order valence-electron chi connectivity index (χ2n) is 9.14. The second-order valence-corrected chi connectivity index (χ2v) is 9.14. The number of hydrogen-bond acceptors (Lipinski definition) is 6. The van der Waals surface area contributed by atoms with Gasteiger partial charge < -0.3 is 19.3 Å². The SMILES string of the molecule is CCC[C@H](O)CN(Cc1c(C)nn(-c2ccccc2)c1Oc1ccccc1OC)C[C@H]1CCCO1. The third-order valence-electron chi connectivity index (χ3n) is 6.37. The Hall–Kier alpha value is -2.87. The molecule has 4 rings (SSSR count). The number of aliphatic hydroxyl groups excluding tert-OH is 1. The number of methoxy groups -OCH3 is 1. The predicted octanol–water partition coefficient (Wildman–Crippen LogP) is 5.12. The Labute approximate surface area is 208 Å². The van der Waals surface area contributed by atoms with Gasteiger partial charge >= 0.3 is 0 Å². The molecule has 0 bridgehead atoms. The van der Waals surface area contributed by atoms with E-state index in [1.54, 1.807) is 7.11 Å². The van der Waals surface area contributed by atoms with Crippen LogP contribution >= 0.6 is 0 Å². The minimum absolute atomic E-state index is 0.187. The van der Waals surface area contributed by atoms with Crippen LogP contribution in [0.15, 0.2) is 54.6 Å². The monoisotopic (exact) mass is 479 g/mol. The van der Waals surface area contributed by atoms with E-state index in [2.05, 4.69) is 11.8 Å². The molecular formula is C28H37N3O4. The zero-order valence-electron chi connectivity index (χ0n) is 21.0. The van der Waals surface area contributed by atoms with Crippen molar-refractivity contribution in [1.29, 1.82) is 0 Å². The van der Waals surface area contributed by atoms with E-state index >= 15 is 0 Å². The normalized spacial score (nSPS) is 16.5. The van der Waals surface area contributed by atoms with Gasteiger partial charge in [-0.05, 0) is 50.5 Å². The number of aryl methyl sites for hydroxylation is 1. The first-order valence-corrected chi connectivity index (χ1v) is 12.6. The number of nitrogens with zero attached hydrogens (tertiary/aromatic N) is 3. The molecule has 1 N–H and O–H groups in total. The smallest absolute Gasteiger partial charge is 0.227 e. The number of aliphatic hydroxyl groups is 1.